The highest BCUT2D eigenvalue weighted by Gasteiger charge is 2.09. The van der Waals surface area contributed by atoms with Gasteiger partial charge in [-0.25, -0.2) is 0 Å². The van der Waals surface area contributed by atoms with Gasteiger partial charge in [-0.1, -0.05) is 18.2 Å². The fourth-order valence-corrected chi connectivity index (χ4v) is 2.53. The number of nitrogens with two attached hydrogens (primary N) is 1. The minimum Gasteiger partial charge on any atom is -0.328 e. The minimum atomic E-state index is 0.156. The molecule has 3 rings (SSSR count). The Balaban J connectivity index is 1.88. The number of para-hydroxylation sites is 1. The smallest absolute Gasteiger partial charge is 0.0918 e. The van der Waals surface area contributed by atoms with Crippen molar-refractivity contribution < 1.29 is 0 Å². The van der Waals surface area contributed by atoms with Crippen molar-refractivity contribution in [1.82, 2.24) is 19.6 Å². The van der Waals surface area contributed by atoms with Crippen molar-refractivity contribution in [2.45, 2.75) is 25.9 Å². The van der Waals surface area contributed by atoms with Gasteiger partial charge in [-0.2, -0.15) is 10.2 Å². The number of nitrogens with zero attached hydrogens (tertiary/aromatic N) is 4. The van der Waals surface area contributed by atoms with Crippen molar-refractivity contribution in [1.29, 1.82) is 0 Å². The van der Waals surface area contributed by atoms with E-state index in [0.29, 0.717) is 6.54 Å². The zero-order chi connectivity index (χ0) is 14.1. The molecule has 2 heterocycles. The molecule has 2 N–H and O–H groups in total. The third-order valence-corrected chi connectivity index (χ3v) is 3.39. The molecule has 0 radical (unpaired) electrons. The maximum atomic E-state index is 5.81. The van der Waals surface area contributed by atoms with Gasteiger partial charge in [-0.05, 0) is 25.0 Å². The second kappa shape index (κ2) is 5.09. The molecule has 5 nitrogen and oxygen atoms in total. The largest absolute Gasteiger partial charge is 0.328 e. The van der Waals surface area contributed by atoms with Crippen LogP contribution in [0, 0.1) is 0 Å². The van der Waals surface area contributed by atoms with Crippen molar-refractivity contribution in [2.75, 3.05) is 0 Å². The van der Waals surface area contributed by atoms with Gasteiger partial charge in [0.1, 0.15) is 0 Å². The summed E-state index contributed by atoms with van der Waals surface area (Å²) >= 11 is 0. The Kier molecular flexibility index (Phi) is 3.28. The fourth-order valence-electron chi connectivity index (χ4n) is 2.53. The fraction of sp³-hybridized carbons (Fsp3) is 0.333. The molecular weight excluding hydrogens is 250 g/mol. The number of benzene rings is 1. The van der Waals surface area contributed by atoms with Gasteiger partial charge in [0.25, 0.3) is 0 Å². The van der Waals surface area contributed by atoms with Crippen molar-refractivity contribution in [3.05, 3.63) is 47.9 Å². The molecule has 3 aromatic rings. The van der Waals surface area contributed by atoms with Gasteiger partial charge in [0, 0.05) is 24.7 Å². The van der Waals surface area contributed by atoms with E-state index in [1.54, 1.807) is 0 Å². The maximum Gasteiger partial charge on any atom is 0.0918 e. The second-order valence-electron chi connectivity index (χ2n) is 5.32. The number of hydrogen-bond acceptors (Lipinski definition) is 3. The first-order chi connectivity index (χ1) is 9.63. The molecule has 20 heavy (non-hydrogen) atoms. The summed E-state index contributed by atoms with van der Waals surface area (Å²) in [5.41, 5.74) is 9.16. The first kappa shape index (κ1) is 12.9. The molecule has 0 amide bonds. The molecule has 2 aromatic heterocycles. The molecular formula is C15H19N5. The topological polar surface area (TPSA) is 61.7 Å². The van der Waals surface area contributed by atoms with E-state index in [9.17, 15) is 0 Å². The highest BCUT2D eigenvalue weighted by Crippen LogP contribution is 2.18. The SMILES string of the molecule is CC(N)Cc1cnn(Cc2nn(C)c3ccccc23)c1. The van der Waals surface area contributed by atoms with Gasteiger partial charge in [0.15, 0.2) is 0 Å². The van der Waals surface area contributed by atoms with Crippen LogP contribution in [0.5, 0.6) is 0 Å². The van der Waals surface area contributed by atoms with Gasteiger partial charge in [-0.15, -0.1) is 0 Å². The van der Waals surface area contributed by atoms with Gasteiger partial charge in [0.2, 0.25) is 0 Å². The summed E-state index contributed by atoms with van der Waals surface area (Å²) in [6.45, 7) is 2.68. The molecule has 0 spiro atoms. The monoisotopic (exact) mass is 269 g/mol. The van der Waals surface area contributed by atoms with Crippen LogP contribution in [0.3, 0.4) is 0 Å². The Morgan fingerprint density at radius 3 is 2.90 bits per heavy atom. The third-order valence-electron chi connectivity index (χ3n) is 3.39. The summed E-state index contributed by atoms with van der Waals surface area (Å²) < 4.78 is 3.84. The van der Waals surface area contributed by atoms with Gasteiger partial charge < -0.3 is 5.73 Å². The van der Waals surface area contributed by atoms with Crippen LogP contribution in [-0.2, 0) is 20.0 Å². The highest BCUT2D eigenvalue weighted by molar-refractivity contribution is 5.81. The number of rotatable bonds is 4. The predicted octanol–water partition coefficient (Wildman–Crippen LogP) is 1.71. The van der Waals surface area contributed by atoms with Crippen LogP contribution in [0.4, 0.5) is 0 Å². The molecule has 0 bridgehead atoms. The maximum absolute atomic E-state index is 5.81. The molecule has 5 heteroatoms. The number of fused-ring (bicyclic) bond motifs is 1. The van der Waals surface area contributed by atoms with Crippen LogP contribution in [-0.4, -0.2) is 25.6 Å². The average molecular weight is 269 g/mol. The minimum absolute atomic E-state index is 0.156. The standard InChI is InChI=1S/C15H19N5/c1-11(16)7-12-8-17-20(9-12)10-14-13-5-3-4-6-15(13)19(2)18-14/h3-6,8-9,11H,7,10,16H2,1-2H3. The summed E-state index contributed by atoms with van der Waals surface area (Å²) in [6.07, 6.45) is 4.78. The molecule has 1 atom stereocenters. The summed E-state index contributed by atoms with van der Waals surface area (Å²) in [6, 6.07) is 8.41. The van der Waals surface area contributed by atoms with Crippen LogP contribution < -0.4 is 5.73 Å². The zero-order valence-electron chi connectivity index (χ0n) is 11.8. The number of aromatic nitrogens is 4. The first-order valence-electron chi connectivity index (χ1n) is 6.81. The summed E-state index contributed by atoms with van der Waals surface area (Å²) in [5, 5.41) is 10.2. The highest BCUT2D eigenvalue weighted by atomic mass is 15.3. The Bertz CT molecular complexity index is 723. The molecule has 104 valence electrons. The van der Waals surface area contributed by atoms with E-state index in [1.807, 2.05) is 47.9 Å². The van der Waals surface area contributed by atoms with E-state index in [1.165, 1.54) is 10.9 Å². The predicted molar refractivity (Wildman–Crippen MR) is 79.4 cm³/mol. The Morgan fingerprint density at radius 1 is 1.30 bits per heavy atom. The van der Waals surface area contributed by atoms with Crippen LogP contribution in [0.25, 0.3) is 10.9 Å². The van der Waals surface area contributed by atoms with Gasteiger partial charge >= 0.3 is 0 Å². The van der Waals surface area contributed by atoms with E-state index in [2.05, 4.69) is 22.3 Å². The molecule has 0 saturated heterocycles. The zero-order valence-corrected chi connectivity index (χ0v) is 11.8. The number of aryl methyl sites for hydroxylation is 1. The lowest BCUT2D eigenvalue weighted by Gasteiger charge is -2.01. The van der Waals surface area contributed by atoms with Crippen molar-refractivity contribution >= 4 is 10.9 Å². The van der Waals surface area contributed by atoms with E-state index in [0.717, 1.165) is 17.6 Å². The summed E-state index contributed by atoms with van der Waals surface area (Å²) in [4.78, 5) is 0. The lowest BCUT2D eigenvalue weighted by Crippen LogP contribution is -2.17. The summed E-state index contributed by atoms with van der Waals surface area (Å²) in [7, 11) is 1.97. The van der Waals surface area contributed by atoms with Crippen LogP contribution in [0.2, 0.25) is 0 Å². The van der Waals surface area contributed by atoms with E-state index in [4.69, 9.17) is 5.73 Å². The number of hydrogen-bond donors (Lipinski definition) is 1. The molecule has 1 aromatic carbocycles. The van der Waals surface area contributed by atoms with Crippen molar-refractivity contribution in [2.24, 2.45) is 12.8 Å². The quantitative estimate of drug-likeness (QED) is 0.784. The Hall–Kier alpha value is -2.14. The second-order valence-corrected chi connectivity index (χ2v) is 5.32. The van der Waals surface area contributed by atoms with E-state index in [-0.39, 0.29) is 6.04 Å². The van der Waals surface area contributed by atoms with Gasteiger partial charge in [-0.3, -0.25) is 9.36 Å². The molecule has 0 aliphatic carbocycles. The Labute approximate surface area is 118 Å². The molecule has 0 saturated carbocycles. The molecule has 0 aliphatic rings. The average Bonchev–Trinajstić information content (AvgIpc) is 2.96. The molecule has 0 aliphatic heterocycles. The summed E-state index contributed by atoms with van der Waals surface area (Å²) in [5.74, 6) is 0. The van der Waals surface area contributed by atoms with Crippen molar-refractivity contribution in [3.8, 4) is 0 Å². The normalized spacial score (nSPS) is 12.9. The lowest BCUT2D eigenvalue weighted by molar-refractivity contribution is 0.654. The van der Waals surface area contributed by atoms with Crippen molar-refractivity contribution in [3.63, 3.8) is 0 Å². The lowest BCUT2D eigenvalue weighted by atomic mass is 10.1. The van der Waals surface area contributed by atoms with Crippen LogP contribution in [0.1, 0.15) is 18.2 Å². The molecule has 0 fully saturated rings. The van der Waals surface area contributed by atoms with E-state index >= 15 is 0 Å². The van der Waals surface area contributed by atoms with Crippen LogP contribution in [0.15, 0.2) is 36.7 Å². The third kappa shape index (κ3) is 2.44. The Morgan fingerprint density at radius 2 is 2.10 bits per heavy atom. The van der Waals surface area contributed by atoms with E-state index < -0.39 is 0 Å². The van der Waals surface area contributed by atoms with Crippen LogP contribution >= 0.6 is 0 Å². The molecule has 1 unspecified atom stereocenters. The first-order valence-corrected chi connectivity index (χ1v) is 6.81. The van der Waals surface area contributed by atoms with Gasteiger partial charge in [0.05, 0.1) is 24.0 Å².